The Bertz CT molecular complexity index is 562. The summed E-state index contributed by atoms with van der Waals surface area (Å²) < 4.78 is 0. The molecule has 0 fully saturated rings. The highest BCUT2D eigenvalue weighted by molar-refractivity contribution is 7.09. The lowest BCUT2D eigenvalue weighted by Gasteiger charge is -2.06. The Kier molecular flexibility index (Phi) is 4.30. The van der Waals surface area contributed by atoms with Crippen LogP contribution in [0.15, 0.2) is 41.8 Å². The zero-order chi connectivity index (χ0) is 13.7. The number of hydrogen-bond acceptors (Lipinski definition) is 3. The molecule has 98 valence electrons. The van der Waals surface area contributed by atoms with Crippen molar-refractivity contribution >= 4 is 28.8 Å². The van der Waals surface area contributed by atoms with Crippen LogP contribution >= 0.6 is 11.3 Å². The summed E-state index contributed by atoms with van der Waals surface area (Å²) >= 11 is 1.54. The van der Waals surface area contributed by atoms with Crippen molar-refractivity contribution in [2.24, 2.45) is 0 Å². The maximum absolute atomic E-state index is 11.6. The van der Waals surface area contributed by atoms with E-state index in [9.17, 15) is 9.59 Å². The van der Waals surface area contributed by atoms with Crippen molar-refractivity contribution < 1.29 is 9.59 Å². The molecule has 1 aromatic heterocycles. The molecule has 0 aliphatic carbocycles. The predicted octanol–water partition coefficient (Wildman–Crippen LogP) is 2.31. The predicted molar refractivity (Wildman–Crippen MR) is 76.0 cm³/mol. The number of rotatable bonds is 3. The number of amides is 2. The lowest BCUT2D eigenvalue weighted by molar-refractivity contribution is -0.136. The van der Waals surface area contributed by atoms with Gasteiger partial charge in [0.15, 0.2) is 0 Å². The van der Waals surface area contributed by atoms with Crippen LogP contribution in [0, 0.1) is 6.92 Å². The second-order valence-corrected chi connectivity index (χ2v) is 5.11. The van der Waals surface area contributed by atoms with Gasteiger partial charge >= 0.3 is 11.8 Å². The number of benzene rings is 1. The summed E-state index contributed by atoms with van der Waals surface area (Å²) in [5.74, 6) is -1.28. The molecule has 4 nitrogen and oxygen atoms in total. The van der Waals surface area contributed by atoms with E-state index in [0.29, 0.717) is 12.2 Å². The molecule has 0 saturated carbocycles. The van der Waals surface area contributed by atoms with Gasteiger partial charge in [0.05, 0.1) is 6.54 Å². The minimum absolute atomic E-state index is 0.373. The van der Waals surface area contributed by atoms with Gasteiger partial charge in [0.1, 0.15) is 0 Å². The van der Waals surface area contributed by atoms with Crippen LogP contribution in [-0.4, -0.2) is 11.8 Å². The lowest BCUT2D eigenvalue weighted by atomic mass is 10.2. The fourth-order valence-electron chi connectivity index (χ4n) is 1.49. The van der Waals surface area contributed by atoms with Gasteiger partial charge in [-0.15, -0.1) is 11.3 Å². The molecule has 0 unspecified atom stereocenters. The monoisotopic (exact) mass is 274 g/mol. The summed E-state index contributed by atoms with van der Waals surface area (Å²) in [6, 6.07) is 11.1. The Balaban J connectivity index is 1.85. The van der Waals surface area contributed by atoms with Gasteiger partial charge in [-0.25, -0.2) is 0 Å². The van der Waals surface area contributed by atoms with Gasteiger partial charge in [-0.1, -0.05) is 23.8 Å². The first-order valence-corrected chi connectivity index (χ1v) is 6.71. The minimum atomic E-state index is -0.652. The van der Waals surface area contributed by atoms with Gasteiger partial charge in [-0.05, 0) is 30.5 Å². The number of carbonyl (C=O) groups excluding carboxylic acids is 2. The fraction of sp³-hybridized carbons (Fsp3) is 0.143. The quantitative estimate of drug-likeness (QED) is 0.844. The Morgan fingerprint density at radius 2 is 1.84 bits per heavy atom. The Morgan fingerprint density at radius 3 is 2.47 bits per heavy atom. The van der Waals surface area contributed by atoms with E-state index in [-0.39, 0.29) is 0 Å². The Labute approximate surface area is 115 Å². The normalized spacial score (nSPS) is 9.95. The van der Waals surface area contributed by atoms with Gasteiger partial charge in [-0.2, -0.15) is 0 Å². The van der Waals surface area contributed by atoms with E-state index in [1.807, 2.05) is 36.6 Å². The minimum Gasteiger partial charge on any atom is -0.343 e. The van der Waals surface area contributed by atoms with Crippen LogP contribution in [0.25, 0.3) is 0 Å². The molecule has 2 aromatic rings. The van der Waals surface area contributed by atoms with Crippen molar-refractivity contribution in [2.45, 2.75) is 13.5 Å². The van der Waals surface area contributed by atoms with Crippen LogP contribution in [-0.2, 0) is 16.1 Å². The zero-order valence-electron chi connectivity index (χ0n) is 10.5. The van der Waals surface area contributed by atoms with Crippen molar-refractivity contribution in [3.63, 3.8) is 0 Å². The maximum Gasteiger partial charge on any atom is 0.313 e. The summed E-state index contributed by atoms with van der Waals surface area (Å²) in [6.45, 7) is 2.33. The topological polar surface area (TPSA) is 58.2 Å². The summed E-state index contributed by atoms with van der Waals surface area (Å²) in [5.41, 5.74) is 1.71. The van der Waals surface area contributed by atoms with Gasteiger partial charge in [0.25, 0.3) is 0 Å². The third-order valence-corrected chi connectivity index (χ3v) is 3.40. The number of thiophene rings is 1. The zero-order valence-corrected chi connectivity index (χ0v) is 11.3. The molecule has 0 bridgehead atoms. The summed E-state index contributed by atoms with van der Waals surface area (Å²) in [4.78, 5) is 24.2. The summed E-state index contributed by atoms with van der Waals surface area (Å²) in [7, 11) is 0. The van der Waals surface area contributed by atoms with Crippen LogP contribution in [0.5, 0.6) is 0 Å². The first kappa shape index (κ1) is 13.3. The number of anilines is 1. The first-order valence-electron chi connectivity index (χ1n) is 5.83. The molecule has 19 heavy (non-hydrogen) atoms. The molecule has 1 heterocycles. The van der Waals surface area contributed by atoms with E-state index in [1.54, 1.807) is 12.1 Å². The van der Waals surface area contributed by atoms with Crippen LogP contribution in [0.2, 0.25) is 0 Å². The summed E-state index contributed by atoms with van der Waals surface area (Å²) in [6.07, 6.45) is 0. The van der Waals surface area contributed by atoms with Crippen molar-refractivity contribution in [2.75, 3.05) is 5.32 Å². The highest BCUT2D eigenvalue weighted by Gasteiger charge is 2.13. The first-order chi connectivity index (χ1) is 9.15. The molecular formula is C14H14N2O2S. The highest BCUT2D eigenvalue weighted by atomic mass is 32.1. The van der Waals surface area contributed by atoms with E-state index in [0.717, 1.165) is 10.4 Å². The average Bonchev–Trinajstić information content (AvgIpc) is 2.91. The Hall–Kier alpha value is -2.14. The molecule has 1 aromatic carbocycles. The number of hydrogen-bond donors (Lipinski definition) is 2. The van der Waals surface area contributed by atoms with E-state index in [4.69, 9.17) is 0 Å². The van der Waals surface area contributed by atoms with Crippen molar-refractivity contribution in [3.05, 3.63) is 52.2 Å². The third-order valence-electron chi connectivity index (χ3n) is 2.52. The summed E-state index contributed by atoms with van der Waals surface area (Å²) in [5, 5.41) is 7.05. The van der Waals surface area contributed by atoms with Crippen molar-refractivity contribution in [3.8, 4) is 0 Å². The maximum atomic E-state index is 11.6. The van der Waals surface area contributed by atoms with Gasteiger partial charge in [0.2, 0.25) is 0 Å². The molecule has 0 radical (unpaired) electrons. The van der Waals surface area contributed by atoms with E-state index >= 15 is 0 Å². The molecule has 2 N–H and O–H groups in total. The van der Waals surface area contributed by atoms with Crippen LogP contribution in [0.3, 0.4) is 0 Å². The molecule has 0 spiro atoms. The number of aryl methyl sites for hydroxylation is 1. The second kappa shape index (κ2) is 6.15. The standard InChI is InChI=1S/C14H14N2O2S/c1-10-4-6-11(7-5-10)16-14(18)13(17)15-9-12-3-2-8-19-12/h2-8H,9H2,1H3,(H,15,17)(H,16,18). The number of carbonyl (C=O) groups is 2. The van der Waals surface area contributed by atoms with Gasteiger partial charge in [-0.3, -0.25) is 9.59 Å². The molecule has 0 aliphatic rings. The highest BCUT2D eigenvalue weighted by Crippen LogP contribution is 2.09. The van der Waals surface area contributed by atoms with Gasteiger partial charge < -0.3 is 10.6 Å². The third kappa shape index (κ3) is 3.93. The lowest BCUT2D eigenvalue weighted by Crippen LogP contribution is -2.34. The van der Waals surface area contributed by atoms with E-state index < -0.39 is 11.8 Å². The molecule has 0 atom stereocenters. The average molecular weight is 274 g/mol. The van der Waals surface area contributed by atoms with E-state index in [2.05, 4.69) is 10.6 Å². The molecule has 2 rings (SSSR count). The van der Waals surface area contributed by atoms with Crippen LogP contribution in [0.1, 0.15) is 10.4 Å². The van der Waals surface area contributed by atoms with Gasteiger partial charge in [0, 0.05) is 10.6 Å². The van der Waals surface area contributed by atoms with Crippen molar-refractivity contribution in [1.29, 1.82) is 0 Å². The smallest absolute Gasteiger partial charge is 0.313 e. The van der Waals surface area contributed by atoms with E-state index in [1.165, 1.54) is 11.3 Å². The molecular weight excluding hydrogens is 260 g/mol. The molecule has 0 saturated heterocycles. The molecule has 5 heteroatoms. The number of nitrogens with one attached hydrogen (secondary N) is 2. The molecule has 0 aliphatic heterocycles. The largest absolute Gasteiger partial charge is 0.343 e. The molecule has 2 amide bonds. The van der Waals surface area contributed by atoms with Crippen molar-refractivity contribution in [1.82, 2.24) is 5.32 Å². The SMILES string of the molecule is Cc1ccc(NC(=O)C(=O)NCc2cccs2)cc1. The fourth-order valence-corrected chi connectivity index (χ4v) is 2.13. The second-order valence-electron chi connectivity index (χ2n) is 4.08. The van der Waals surface area contributed by atoms with Crippen LogP contribution < -0.4 is 10.6 Å². The van der Waals surface area contributed by atoms with Crippen LogP contribution in [0.4, 0.5) is 5.69 Å². The Morgan fingerprint density at radius 1 is 1.11 bits per heavy atom.